The Hall–Kier alpha value is -1.89. The van der Waals surface area contributed by atoms with Crippen LogP contribution in [0.4, 0.5) is 0 Å². The molecule has 24 heavy (non-hydrogen) atoms. The number of fused-ring (bicyclic) bond motifs is 1. The lowest BCUT2D eigenvalue weighted by Crippen LogP contribution is -2.45. The number of carbonyl (C=O) groups is 2. The Labute approximate surface area is 141 Å². The van der Waals surface area contributed by atoms with Crippen molar-refractivity contribution >= 4 is 11.9 Å². The molecule has 3 rings (SSSR count). The summed E-state index contributed by atoms with van der Waals surface area (Å²) in [6.45, 7) is 8.38. The van der Waals surface area contributed by atoms with Gasteiger partial charge in [-0.2, -0.15) is 5.10 Å². The third-order valence-electron chi connectivity index (χ3n) is 5.29. The number of ether oxygens (including phenoxy) is 1. The zero-order valence-corrected chi connectivity index (χ0v) is 14.5. The van der Waals surface area contributed by atoms with Crippen LogP contribution in [0.5, 0.6) is 0 Å². The van der Waals surface area contributed by atoms with E-state index in [0.29, 0.717) is 37.7 Å². The second-order valence-corrected chi connectivity index (χ2v) is 7.39. The van der Waals surface area contributed by atoms with E-state index in [1.807, 2.05) is 11.6 Å². The summed E-state index contributed by atoms with van der Waals surface area (Å²) in [6, 6.07) is 0. The Balaban J connectivity index is 1.82. The van der Waals surface area contributed by atoms with Crippen LogP contribution in [0.1, 0.15) is 36.3 Å². The Kier molecular flexibility index (Phi) is 4.38. The molecule has 2 saturated heterocycles. The van der Waals surface area contributed by atoms with E-state index in [1.54, 1.807) is 11.1 Å². The van der Waals surface area contributed by atoms with Crippen molar-refractivity contribution in [2.24, 2.45) is 17.3 Å². The van der Waals surface area contributed by atoms with Gasteiger partial charge in [-0.3, -0.25) is 14.3 Å². The Bertz CT molecular complexity index is 654. The number of hydrogen-bond acceptors (Lipinski definition) is 4. The maximum Gasteiger partial charge on any atom is 0.311 e. The fourth-order valence-corrected chi connectivity index (χ4v) is 3.81. The van der Waals surface area contributed by atoms with E-state index in [0.717, 1.165) is 12.2 Å². The fraction of sp³-hybridized carbons (Fsp3) is 0.706. The van der Waals surface area contributed by atoms with Crippen molar-refractivity contribution in [3.05, 3.63) is 17.5 Å². The quantitative estimate of drug-likeness (QED) is 0.899. The molecule has 0 unspecified atom stereocenters. The largest absolute Gasteiger partial charge is 0.481 e. The van der Waals surface area contributed by atoms with E-state index in [9.17, 15) is 14.7 Å². The minimum absolute atomic E-state index is 0.127. The first-order valence-electron chi connectivity index (χ1n) is 8.48. The van der Waals surface area contributed by atoms with Gasteiger partial charge in [0.1, 0.15) is 0 Å². The highest BCUT2D eigenvalue weighted by atomic mass is 16.5. The lowest BCUT2D eigenvalue weighted by Gasteiger charge is -2.33. The molecule has 1 aromatic rings. The molecule has 132 valence electrons. The zero-order valence-electron chi connectivity index (χ0n) is 14.5. The second kappa shape index (κ2) is 6.20. The van der Waals surface area contributed by atoms with Crippen LogP contribution in [0.25, 0.3) is 0 Å². The van der Waals surface area contributed by atoms with E-state index in [2.05, 4.69) is 18.9 Å². The number of hydrogen-bond donors (Lipinski definition) is 1. The summed E-state index contributed by atoms with van der Waals surface area (Å²) in [5, 5.41) is 14.0. The van der Waals surface area contributed by atoms with Gasteiger partial charge < -0.3 is 14.7 Å². The first-order valence-corrected chi connectivity index (χ1v) is 8.48. The number of rotatable bonds is 4. The SMILES string of the molecule is Cc1c(C(=O)N2C[C@H]3COCC[C@@]3(C(=O)O)C2)cnn1CC(C)C. The van der Waals surface area contributed by atoms with E-state index in [4.69, 9.17) is 4.74 Å². The van der Waals surface area contributed by atoms with Crippen LogP contribution in [0, 0.1) is 24.2 Å². The van der Waals surface area contributed by atoms with Gasteiger partial charge in [0, 0.05) is 37.9 Å². The zero-order chi connectivity index (χ0) is 17.5. The van der Waals surface area contributed by atoms with Gasteiger partial charge in [0.2, 0.25) is 0 Å². The number of nitrogens with zero attached hydrogens (tertiary/aromatic N) is 3. The lowest BCUT2D eigenvalue weighted by atomic mass is 9.74. The summed E-state index contributed by atoms with van der Waals surface area (Å²) in [6.07, 6.45) is 2.06. The number of carboxylic acids is 1. The molecular weight excluding hydrogens is 310 g/mol. The van der Waals surface area contributed by atoms with Gasteiger partial charge in [0.05, 0.1) is 23.8 Å². The highest BCUT2D eigenvalue weighted by molar-refractivity contribution is 5.96. The predicted octanol–water partition coefficient (Wildman–Crippen LogP) is 1.41. The van der Waals surface area contributed by atoms with Crippen LogP contribution in [-0.2, 0) is 16.1 Å². The molecule has 0 spiro atoms. The van der Waals surface area contributed by atoms with Gasteiger partial charge >= 0.3 is 5.97 Å². The van der Waals surface area contributed by atoms with Crippen LogP contribution >= 0.6 is 0 Å². The highest BCUT2D eigenvalue weighted by Gasteiger charge is 2.55. The highest BCUT2D eigenvalue weighted by Crippen LogP contribution is 2.42. The molecule has 0 aromatic carbocycles. The average Bonchev–Trinajstić information content (AvgIpc) is 3.09. The van der Waals surface area contributed by atoms with Crippen molar-refractivity contribution in [2.45, 2.75) is 33.7 Å². The molecule has 3 heterocycles. The van der Waals surface area contributed by atoms with E-state index in [1.165, 1.54) is 0 Å². The van der Waals surface area contributed by atoms with E-state index in [-0.39, 0.29) is 18.4 Å². The molecule has 1 amide bonds. The molecule has 2 aliphatic rings. The first-order chi connectivity index (χ1) is 11.3. The summed E-state index contributed by atoms with van der Waals surface area (Å²) in [7, 11) is 0. The van der Waals surface area contributed by atoms with Gasteiger partial charge in [-0.05, 0) is 19.3 Å². The summed E-state index contributed by atoms with van der Waals surface area (Å²) in [4.78, 5) is 26.4. The molecule has 0 saturated carbocycles. The van der Waals surface area contributed by atoms with Crippen LogP contribution in [0.15, 0.2) is 6.20 Å². The molecule has 1 aromatic heterocycles. The summed E-state index contributed by atoms with van der Waals surface area (Å²) >= 11 is 0. The maximum atomic E-state index is 12.9. The molecule has 7 nitrogen and oxygen atoms in total. The van der Waals surface area contributed by atoms with Crippen molar-refractivity contribution in [3.8, 4) is 0 Å². The lowest BCUT2D eigenvalue weighted by molar-refractivity contribution is -0.157. The molecule has 0 aliphatic carbocycles. The van der Waals surface area contributed by atoms with Gasteiger partial charge in [-0.15, -0.1) is 0 Å². The molecule has 2 atom stereocenters. The normalized spacial score (nSPS) is 26.7. The van der Waals surface area contributed by atoms with Gasteiger partial charge in [0.25, 0.3) is 5.91 Å². The third-order valence-corrected chi connectivity index (χ3v) is 5.29. The third kappa shape index (κ3) is 2.70. The average molecular weight is 335 g/mol. The number of carboxylic acid groups (broad SMARTS) is 1. The number of likely N-dealkylation sites (tertiary alicyclic amines) is 1. The van der Waals surface area contributed by atoms with Gasteiger partial charge in [-0.25, -0.2) is 0 Å². The Morgan fingerprint density at radius 3 is 2.88 bits per heavy atom. The second-order valence-electron chi connectivity index (χ2n) is 7.39. The van der Waals surface area contributed by atoms with Crippen LogP contribution in [0.2, 0.25) is 0 Å². The van der Waals surface area contributed by atoms with Crippen molar-refractivity contribution < 1.29 is 19.4 Å². The van der Waals surface area contributed by atoms with Gasteiger partial charge in [0.15, 0.2) is 0 Å². The molecule has 0 radical (unpaired) electrons. The van der Waals surface area contributed by atoms with Crippen molar-refractivity contribution in [1.29, 1.82) is 0 Å². The number of carbonyl (C=O) groups excluding carboxylic acids is 1. The first kappa shape index (κ1) is 17.0. The predicted molar refractivity (Wildman–Crippen MR) is 86.7 cm³/mol. The summed E-state index contributed by atoms with van der Waals surface area (Å²) < 4.78 is 7.29. The van der Waals surface area contributed by atoms with Crippen molar-refractivity contribution in [2.75, 3.05) is 26.3 Å². The number of aromatic nitrogens is 2. The van der Waals surface area contributed by atoms with Crippen molar-refractivity contribution in [3.63, 3.8) is 0 Å². The maximum absolute atomic E-state index is 12.9. The molecule has 0 bridgehead atoms. The minimum Gasteiger partial charge on any atom is -0.481 e. The van der Waals surface area contributed by atoms with Crippen LogP contribution in [-0.4, -0.2) is 58.0 Å². The van der Waals surface area contributed by atoms with Gasteiger partial charge in [-0.1, -0.05) is 13.8 Å². The number of aliphatic carboxylic acids is 1. The summed E-state index contributed by atoms with van der Waals surface area (Å²) in [5.74, 6) is -0.650. The topological polar surface area (TPSA) is 84.7 Å². The smallest absolute Gasteiger partial charge is 0.311 e. The standard InChI is InChI=1S/C17H25N3O4/c1-11(2)7-20-12(3)14(6-18-20)15(21)19-8-13-9-24-5-4-17(13,10-19)16(22)23/h6,11,13H,4-5,7-10H2,1-3H3,(H,22,23)/t13-,17+/m0/s1. The summed E-state index contributed by atoms with van der Waals surface area (Å²) in [5.41, 5.74) is 0.537. The Morgan fingerprint density at radius 2 is 2.25 bits per heavy atom. The molecule has 1 N–H and O–H groups in total. The Morgan fingerprint density at radius 1 is 1.50 bits per heavy atom. The molecule has 2 aliphatic heterocycles. The molecular formula is C17H25N3O4. The fourth-order valence-electron chi connectivity index (χ4n) is 3.81. The number of amides is 1. The van der Waals surface area contributed by atoms with E-state index < -0.39 is 11.4 Å². The van der Waals surface area contributed by atoms with E-state index >= 15 is 0 Å². The van der Waals surface area contributed by atoms with Crippen LogP contribution in [0.3, 0.4) is 0 Å². The minimum atomic E-state index is -0.865. The molecule has 7 heteroatoms. The van der Waals surface area contributed by atoms with Crippen LogP contribution < -0.4 is 0 Å². The van der Waals surface area contributed by atoms with Crippen molar-refractivity contribution in [1.82, 2.24) is 14.7 Å². The monoisotopic (exact) mass is 335 g/mol. The molecule has 2 fully saturated rings.